The lowest BCUT2D eigenvalue weighted by Gasteiger charge is -2.71. The Bertz CT molecular complexity index is 794. The number of carbonyl (C=O) groups excluding carboxylic acids is 1. The molecule has 4 saturated carbocycles. The van der Waals surface area contributed by atoms with Gasteiger partial charge in [-0.25, -0.2) is 0 Å². The second-order valence-electron chi connectivity index (χ2n) is 15.7. The maximum Gasteiger partial charge on any atom is 0.192 e. The van der Waals surface area contributed by atoms with E-state index in [9.17, 15) is 4.79 Å². The summed E-state index contributed by atoms with van der Waals surface area (Å²) in [6.45, 7) is 27.0. The molecule has 4 rings (SSSR count). The summed E-state index contributed by atoms with van der Waals surface area (Å²) in [6.07, 6.45) is 10.2. The molecule has 0 aliphatic heterocycles. The minimum absolute atomic E-state index is 0.187. The quantitative estimate of drug-likeness (QED) is 0.374. The first-order valence-electron chi connectivity index (χ1n) is 14.1. The summed E-state index contributed by atoms with van der Waals surface area (Å²) < 4.78 is 7.14. The average molecular weight is 475 g/mol. The fourth-order valence-corrected chi connectivity index (χ4v) is 11.1. The predicted molar refractivity (Wildman–Crippen MR) is 142 cm³/mol. The third-order valence-corrected chi connectivity index (χ3v) is 17.5. The molecule has 4 fully saturated rings. The Balaban J connectivity index is 1.65. The fourth-order valence-electron chi connectivity index (χ4n) is 9.57. The summed E-state index contributed by atoms with van der Waals surface area (Å²) in [5, 5.41) is 0.257. The molecular formula is C30H54O2Si. The van der Waals surface area contributed by atoms with Crippen molar-refractivity contribution in [2.75, 3.05) is 0 Å². The van der Waals surface area contributed by atoms with Gasteiger partial charge in [0.15, 0.2) is 8.32 Å². The van der Waals surface area contributed by atoms with Crippen LogP contribution >= 0.6 is 0 Å². The molecule has 2 nitrogen and oxygen atoms in total. The van der Waals surface area contributed by atoms with E-state index in [0.717, 1.165) is 18.8 Å². The van der Waals surface area contributed by atoms with Gasteiger partial charge in [-0.05, 0) is 103 Å². The minimum atomic E-state index is -1.80. The summed E-state index contributed by atoms with van der Waals surface area (Å²) in [7, 11) is -1.80. The molecule has 0 bridgehead atoms. The van der Waals surface area contributed by atoms with Gasteiger partial charge in [-0.3, -0.25) is 4.79 Å². The van der Waals surface area contributed by atoms with E-state index >= 15 is 0 Å². The Hall–Kier alpha value is -0.153. The third-order valence-electron chi connectivity index (χ3n) is 13.0. The third kappa shape index (κ3) is 3.51. The maximum atomic E-state index is 13.3. The van der Waals surface area contributed by atoms with Crippen LogP contribution in [0.5, 0.6) is 0 Å². The SMILES string of the molecule is C[C@@H]1CC[C@]2(C)[C@H](CC[C@@H]3[C@@]4(C)CC[C@H](O[Si](C)(C)C(C)(C)C)C(C)(C)[C@@H]4CC[C@]32C)C1=O. The Kier molecular flexibility index (Phi) is 6.03. The highest BCUT2D eigenvalue weighted by atomic mass is 28.4. The van der Waals surface area contributed by atoms with Crippen LogP contribution in [0.1, 0.15) is 114 Å². The van der Waals surface area contributed by atoms with Gasteiger partial charge in [0.2, 0.25) is 0 Å². The maximum absolute atomic E-state index is 13.3. The molecular weight excluding hydrogens is 420 g/mol. The summed E-state index contributed by atoms with van der Waals surface area (Å²) >= 11 is 0. The van der Waals surface area contributed by atoms with Crippen molar-refractivity contribution in [1.29, 1.82) is 0 Å². The van der Waals surface area contributed by atoms with Crippen LogP contribution in [-0.4, -0.2) is 20.2 Å². The van der Waals surface area contributed by atoms with Gasteiger partial charge in [0, 0.05) is 11.8 Å². The summed E-state index contributed by atoms with van der Waals surface area (Å²) in [5.41, 5.74) is 1.05. The number of hydrogen-bond acceptors (Lipinski definition) is 2. The second kappa shape index (κ2) is 7.67. The second-order valence-corrected chi connectivity index (χ2v) is 20.4. The van der Waals surface area contributed by atoms with E-state index in [1.165, 1.54) is 38.5 Å². The Morgan fingerprint density at radius 1 is 0.818 bits per heavy atom. The van der Waals surface area contributed by atoms with E-state index in [1.54, 1.807) is 0 Å². The van der Waals surface area contributed by atoms with Gasteiger partial charge in [0.1, 0.15) is 5.78 Å². The van der Waals surface area contributed by atoms with Crippen molar-refractivity contribution in [2.24, 2.45) is 45.3 Å². The summed E-state index contributed by atoms with van der Waals surface area (Å²) in [5.74, 6) is 2.61. The van der Waals surface area contributed by atoms with E-state index in [0.29, 0.717) is 34.6 Å². The summed E-state index contributed by atoms with van der Waals surface area (Å²) in [4.78, 5) is 13.3. The minimum Gasteiger partial charge on any atom is -0.413 e. The molecule has 0 aromatic heterocycles. The monoisotopic (exact) mass is 474 g/mol. The standard InChI is InChI=1S/C30H54O2Si/c1-20-14-18-29(8)21(25(20)31)12-13-23-28(7)17-16-24(32-33(10,11)26(2,3)4)27(5,6)22(28)15-19-30(23,29)9/h20-24H,12-19H2,1-11H3/t20-,21-,22+,23-,24+,28+,29-,30-/m1/s1. The average Bonchev–Trinajstić information content (AvgIpc) is 2.67. The van der Waals surface area contributed by atoms with Crippen molar-refractivity contribution in [3.63, 3.8) is 0 Å². The van der Waals surface area contributed by atoms with E-state index in [-0.39, 0.29) is 21.8 Å². The number of fused-ring (bicyclic) bond motifs is 5. The van der Waals surface area contributed by atoms with Crippen LogP contribution in [-0.2, 0) is 9.22 Å². The molecule has 0 aromatic carbocycles. The van der Waals surface area contributed by atoms with Crippen LogP contribution < -0.4 is 0 Å². The molecule has 0 spiro atoms. The molecule has 0 aromatic rings. The Morgan fingerprint density at radius 2 is 1.42 bits per heavy atom. The molecule has 4 aliphatic carbocycles. The molecule has 4 aliphatic rings. The number of hydrogen-bond donors (Lipinski definition) is 0. The summed E-state index contributed by atoms with van der Waals surface area (Å²) in [6, 6.07) is 0. The van der Waals surface area contributed by atoms with Gasteiger partial charge in [-0.2, -0.15) is 0 Å². The zero-order valence-electron chi connectivity index (χ0n) is 23.9. The molecule has 0 N–H and O–H groups in total. The highest BCUT2D eigenvalue weighted by Crippen LogP contribution is 2.74. The lowest BCUT2D eigenvalue weighted by Crippen LogP contribution is -2.66. The first kappa shape index (κ1) is 25.9. The molecule has 0 radical (unpaired) electrons. The Morgan fingerprint density at radius 3 is 2.03 bits per heavy atom. The lowest BCUT2D eigenvalue weighted by atomic mass is 9.34. The van der Waals surface area contributed by atoms with Crippen LogP contribution in [0.2, 0.25) is 18.1 Å². The number of carbonyl (C=O) groups is 1. The topological polar surface area (TPSA) is 26.3 Å². The zero-order chi connectivity index (χ0) is 24.8. The highest BCUT2D eigenvalue weighted by Gasteiger charge is 2.68. The van der Waals surface area contributed by atoms with Crippen molar-refractivity contribution in [3.05, 3.63) is 0 Å². The van der Waals surface area contributed by atoms with E-state index in [4.69, 9.17) is 4.43 Å². The normalized spacial score (nSPS) is 48.0. The van der Waals surface area contributed by atoms with Crippen LogP contribution in [0.3, 0.4) is 0 Å². The van der Waals surface area contributed by atoms with Crippen LogP contribution in [0, 0.1) is 45.3 Å². The van der Waals surface area contributed by atoms with Crippen molar-refractivity contribution < 1.29 is 9.22 Å². The number of Topliss-reactive ketones (excluding diaryl/α,β-unsaturated/α-hetero) is 1. The zero-order valence-corrected chi connectivity index (χ0v) is 24.9. The Labute approximate surface area is 206 Å². The van der Waals surface area contributed by atoms with Gasteiger partial charge in [0.25, 0.3) is 0 Å². The van der Waals surface area contributed by atoms with Crippen LogP contribution in [0.15, 0.2) is 0 Å². The molecule has 0 amide bonds. The van der Waals surface area contributed by atoms with E-state index in [2.05, 4.69) is 75.4 Å². The molecule has 0 heterocycles. The van der Waals surface area contributed by atoms with Crippen molar-refractivity contribution in [2.45, 2.75) is 138 Å². The van der Waals surface area contributed by atoms with Crippen LogP contribution in [0.25, 0.3) is 0 Å². The first-order chi connectivity index (χ1) is 14.9. The van der Waals surface area contributed by atoms with Gasteiger partial charge < -0.3 is 4.43 Å². The first-order valence-corrected chi connectivity index (χ1v) is 17.0. The van der Waals surface area contributed by atoms with Gasteiger partial charge >= 0.3 is 0 Å². The largest absolute Gasteiger partial charge is 0.413 e. The molecule has 0 unspecified atom stereocenters. The van der Waals surface area contributed by atoms with Crippen molar-refractivity contribution >= 4 is 14.1 Å². The van der Waals surface area contributed by atoms with Gasteiger partial charge in [-0.15, -0.1) is 0 Å². The van der Waals surface area contributed by atoms with E-state index in [1.807, 2.05) is 0 Å². The van der Waals surface area contributed by atoms with Crippen molar-refractivity contribution in [3.8, 4) is 0 Å². The van der Waals surface area contributed by atoms with E-state index < -0.39 is 8.32 Å². The fraction of sp³-hybridized carbons (Fsp3) is 0.967. The van der Waals surface area contributed by atoms with Crippen LogP contribution in [0.4, 0.5) is 0 Å². The predicted octanol–water partition coefficient (Wildman–Crippen LogP) is 8.65. The van der Waals surface area contributed by atoms with Gasteiger partial charge in [-0.1, -0.05) is 62.3 Å². The van der Waals surface area contributed by atoms with Gasteiger partial charge in [0.05, 0.1) is 6.10 Å². The molecule has 190 valence electrons. The smallest absolute Gasteiger partial charge is 0.192 e. The highest BCUT2D eigenvalue weighted by molar-refractivity contribution is 6.74. The lowest BCUT2D eigenvalue weighted by molar-refractivity contribution is -0.228. The molecule has 3 heteroatoms. The van der Waals surface area contributed by atoms with Crippen molar-refractivity contribution in [1.82, 2.24) is 0 Å². The number of rotatable bonds is 2. The molecule has 33 heavy (non-hydrogen) atoms. The molecule has 0 saturated heterocycles. The molecule has 8 atom stereocenters. The number of ketones is 1.